The summed E-state index contributed by atoms with van der Waals surface area (Å²) in [6, 6.07) is 5.22. The molecule has 1 aromatic heterocycles. The van der Waals surface area contributed by atoms with Crippen LogP contribution in [0.5, 0.6) is 0 Å². The van der Waals surface area contributed by atoms with Gasteiger partial charge in [0.05, 0.1) is 6.04 Å². The summed E-state index contributed by atoms with van der Waals surface area (Å²) in [5, 5.41) is 6.49. The normalized spacial score (nSPS) is 18.0. The van der Waals surface area contributed by atoms with Gasteiger partial charge in [-0.2, -0.15) is 0 Å². The second-order valence-corrected chi connectivity index (χ2v) is 6.10. The average Bonchev–Trinajstić information content (AvgIpc) is 2.99. The van der Waals surface area contributed by atoms with Crippen LogP contribution < -0.4 is 5.32 Å². The van der Waals surface area contributed by atoms with Crippen molar-refractivity contribution in [1.29, 1.82) is 0 Å². The summed E-state index contributed by atoms with van der Waals surface area (Å²) in [4.78, 5) is 3.53. The Morgan fingerprint density at radius 3 is 2.82 bits per heavy atom. The van der Waals surface area contributed by atoms with Crippen LogP contribution in [0.25, 0.3) is 0 Å². The summed E-state index contributed by atoms with van der Waals surface area (Å²) in [6.07, 6.45) is 5.21. The predicted molar refractivity (Wildman–Crippen MR) is 78.5 cm³/mol. The molecule has 17 heavy (non-hydrogen) atoms. The lowest BCUT2D eigenvalue weighted by Crippen LogP contribution is -2.42. The third kappa shape index (κ3) is 3.19. The van der Waals surface area contributed by atoms with E-state index >= 15 is 0 Å². The van der Waals surface area contributed by atoms with E-state index in [4.69, 9.17) is 12.2 Å². The topological polar surface area (TPSA) is 15.3 Å². The van der Waals surface area contributed by atoms with Crippen molar-refractivity contribution in [2.75, 3.05) is 7.05 Å². The van der Waals surface area contributed by atoms with Crippen molar-refractivity contribution in [3.05, 3.63) is 22.4 Å². The van der Waals surface area contributed by atoms with E-state index in [-0.39, 0.29) is 0 Å². The second kappa shape index (κ2) is 5.83. The molecule has 4 heteroatoms. The van der Waals surface area contributed by atoms with Crippen molar-refractivity contribution in [2.45, 2.75) is 44.7 Å². The number of rotatable bonds is 3. The second-order valence-electron chi connectivity index (χ2n) is 4.73. The van der Waals surface area contributed by atoms with Gasteiger partial charge in [0, 0.05) is 18.0 Å². The minimum Gasteiger partial charge on any atom is -0.360 e. The van der Waals surface area contributed by atoms with Gasteiger partial charge >= 0.3 is 0 Å². The van der Waals surface area contributed by atoms with Gasteiger partial charge in [0.2, 0.25) is 0 Å². The first kappa shape index (κ1) is 12.8. The van der Waals surface area contributed by atoms with E-state index in [0.717, 1.165) is 5.11 Å². The van der Waals surface area contributed by atoms with Crippen LogP contribution in [0.3, 0.4) is 0 Å². The molecule has 0 spiro atoms. The lowest BCUT2D eigenvalue weighted by Gasteiger charge is -2.29. The Bertz CT molecular complexity index is 356. The lowest BCUT2D eigenvalue weighted by molar-refractivity contribution is 0.393. The molecule has 94 valence electrons. The van der Waals surface area contributed by atoms with E-state index in [1.165, 1.54) is 30.6 Å². The van der Waals surface area contributed by atoms with E-state index in [1.807, 2.05) is 0 Å². The molecule has 1 N–H and O–H groups in total. The van der Waals surface area contributed by atoms with Gasteiger partial charge in [0.25, 0.3) is 0 Å². The van der Waals surface area contributed by atoms with Crippen molar-refractivity contribution >= 4 is 28.7 Å². The molecule has 1 aliphatic rings. The average molecular weight is 268 g/mol. The van der Waals surface area contributed by atoms with Crippen LogP contribution >= 0.6 is 23.6 Å². The predicted octanol–water partition coefficient (Wildman–Crippen LogP) is 3.56. The van der Waals surface area contributed by atoms with Gasteiger partial charge in [-0.25, -0.2) is 0 Å². The van der Waals surface area contributed by atoms with Gasteiger partial charge in [-0.05, 0) is 43.4 Å². The minimum atomic E-state index is 0.358. The molecule has 1 atom stereocenters. The molecule has 1 unspecified atom stereocenters. The molecule has 0 aliphatic heterocycles. The van der Waals surface area contributed by atoms with Gasteiger partial charge in [-0.1, -0.05) is 18.9 Å². The molecule has 1 aliphatic carbocycles. The Hall–Kier alpha value is -0.610. The largest absolute Gasteiger partial charge is 0.360 e. The third-order valence-electron chi connectivity index (χ3n) is 3.54. The van der Waals surface area contributed by atoms with Gasteiger partial charge in [0.15, 0.2) is 5.11 Å². The molecular weight excluding hydrogens is 248 g/mol. The lowest BCUT2D eigenvalue weighted by atomic mass is 10.2. The van der Waals surface area contributed by atoms with Crippen molar-refractivity contribution in [3.8, 4) is 0 Å². The standard InChI is InChI=1S/C13H20N2S2/c1-10(12-8-5-9-17-12)15(2)13(16)14-11-6-3-4-7-11/h5,8-11H,3-4,6-7H2,1-2H3,(H,14,16). The Morgan fingerprint density at radius 1 is 1.53 bits per heavy atom. The van der Waals surface area contributed by atoms with Crippen LogP contribution in [-0.4, -0.2) is 23.1 Å². The fraction of sp³-hybridized carbons (Fsp3) is 0.615. The molecule has 1 saturated carbocycles. The van der Waals surface area contributed by atoms with Crippen molar-refractivity contribution in [3.63, 3.8) is 0 Å². The molecule has 0 amide bonds. The molecule has 1 heterocycles. The quantitative estimate of drug-likeness (QED) is 0.844. The van der Waals surface area contributed by atoms with E-state index in [2.05, 4.69) is 41.7 Å². The maximum atomic E-state index is 5.48. The van der Waals surface area contributed by atoms with E-state index in [9.17, 15) is 0 Å². The first-order valence-corrected chi connectivity index (χ1v) is 7.54. The number of thiophene rings is 1. The van der Waals surface area contributed by atoms with Gasteiger partial charge < -0.3 is 10.2 Å². The van der Waals surface area contributed by atoms with E-state index in [0.29, 0.717) is 12.1 Å². The fourth-order valence-corrected chi connectivity index (χ4v) is 3.39. The molecule has 0 saturated heterocycles. The molecule has 2 nitrogen and oxygen atoms in total. The number of nitrogens with zero attached hydrogens (tertiary/aromatic N) is 1. The first-order chi connectivity index (χ1) is 8.18. The number of thiocarbonyl (C=S) groups is 1. The van der Waals surface area contributed by atoms with Crippen LogP contribution in [0.4, 0.5) is 0 Å². The van der Waals surface area contributed by atoms with Gasteiger partial charge in [0.1, 0.15) is 0 Å². The Balaban J connectivity index is 1.90. The molecule has 0 radical (unpaired) electrons. The van der Waals surface area contributed by atoms with Crippen molar-refractivity contribution < 1.29 is 0 Å². The van der Waals surface area contributed by atoms with E-state index in [1.54, 1.807) is 11.3 Å². The molecule has 2 rings (SSSR count). The molecule has 1 aromatic rings. The number of nitrogens with one attached hydrogen (secondary N) is 1. The SMILES string of the molecule is CC(c1cccs1)N(C)C(=S)NC1CCCC1. The number of hydrogen-bond acceptors (Lipinski definition) is 2. The minimum absolute atomic E-state index is 0.358. The Morgan fingerprint density at radius 2 is 2.24 bits per heavy atom. The Labute approximate surface area is 113 Å². The maximum Gasteiger partial charge on any atom is 0.169 e. The highest BCUT2D eigenvalue weighted by Crippen LogP contribution is 2.24. The van der Waals surface area contributed by atoms with Gasteiger partial charge in [-0.15, -0.1) is 11.3 Å². The summed E-state index contributed by atoms with van der Waals surface area (Å²) < 4.78 is 0. The summed E-state index contributed by atoms with van der Waals surface area (Å²) >= 11 is 7.27. The zero-order chi connectivity index (χ0) is 12.3. The summed E-state index contributed by atoms with van der Waals surface area (Å²) in [7, 11) is 2.08. The molecule has 0 bridgehead atoms. The number of hydrogen-bond donors (Lipinski definition) is 1. The zero-order valence-electron chi connectivity index (χ0n) is 10.5. The highest BCUT2D eigenvalue weighted by molar-refractivity contribution is 7.80. The molecular formula is C13H20N2S2. The molecule has 1 fully saturated rings. The first-order valence-electron chi connectivity index (χ1n) is 6.25. The molecule has 0 aromatic carbocycles. The summed E-state index contributed by atoms with van der Waals surface area (Å²) in [5.41, 5.74) is 0. The van der Waals surface area contributed by atoms with Crippen LogP contribution in [0.2, 0.25) is 0 Å². The summed E-state index contributed by atoms with van der Waals surface area (Å²) in [6.45, 7) is 2.20. The van der Waals surface area contributed by atoms with Crippen molar-refractivity contribution in [2.24, 2.45) is 0 Å². The monoisotopic (exact) mass is 268 g/mol. The van der Waals surface area contributed by atoms with Crippen LogP contribution in [0, 0.1) is 0 Å². The van der Waals surface area contributed by atoms with Crippen molar-refractivity contribution in [1.82, 2.24) is 10.2 Å². The van der Waals surface area contributed by atoms with Gasteiger partial charge in [-0.3, -0.25) is 0 Å². The Kier molecular flexibility index (Phi) is 4.40. The van der Waals surface area contributed by atoms with Crippen LogP contribution in [0.1, 0.15) is 43.5 Å². The van der Waals surface area contributed by atoms with Crippen LogP contribution in [-0.2, 0) is 0 Å². The smallest absolute Gasteiger partial charge is 0.169 e. The summed E-state index contributed by atoms with van der Waals surface area (Å²) in [5.74, 6) is 0. The highest BCUT2D eigenvalue weighted by Gasteiger charge is 2.20. The van der Waals surface area contributed by atoms with E-state index < -0.39 is 0 Å². The third-order valence-corrected chi connectivity index (χ3v) is 4.99. The fourth-order valence-electron chi connectivity index (χ4n) is 2.24. The maximum absolute atomic E-state index is 5.48. The zero-order valence-corrected chi connectivity index (χ0v) is 12.1. The van der Waals surface area contributed by atoms with Crippen LogP contribution in [0.15, 0.2) is 17.5 Å². The highest BCUT2D eigenvalue weighted by atomic mass is 32.1.